The lowest BCUT2D eigenvalue weighted by atomic mass is 10.2. The number of hydrogen-bond acceptors (Lipinski definition) is 4. The Morgan fingerprint density at radius 2 is 2.22 bits per heavy atom. The number of primary amides is 1. The number of benzene rings is 1. The Labute approximate surface area is 116 Å². The maximum atomic E-state index is 11.4. The van der Waals surface area contributed by atoms with Crippen LogP contribution in [0, 0.1) is 3.57 Å². The highest BCUT2D eigenvalue weighted by molar-refractivity contribution is 14.1. The molecule has 0 radical (unpaired) electrons. The van der Waals surface area contributed by atoms with Gasteiger partial charge in [0.2, 0.25) is 5.91 Å². The second-order valence-corrected chi connectivity index (χ2v) is 4.54. The van der Waals surface area contributed by atoms with Crippen molar-refractivity contribution in [3.8, 4) is 0 Å². The van der Waals surface area contributed by atoms with Crippen LogP contribution in [-0.4, -0.2) is 15.9 Å². The van der Waals surface area contributed by atoms with Gasteiger partial charge in [-0.1, -0.05) is 6.07 Å². The van der Waals surface area contributed by atoms with E-state index in [1.165, 1.54) is 6.33 Å². The van der Waals surface area contributed by atoms with Gasteiger partial charge < -0.3 is 16.0 Å². The number of rotatable bonds is 3. The summed E-state index contributed by atoms with van der Waals surface area (Å²) in [6.45, 7) is 0. The van der Waals surface area contributed by atoms with Gasteiger partial charge in [-0.15, -0.1) is 0 Å². The third-order valence-electron chi connectivity index (χ3n) is 2.21. The van der Waals surface area contributed by atoms with Crippen LogP contribution in [0.4, 0.5) is 11.5 Å². The van der Waals surface area contributed by atoms with Crippen molar-refractivity contribution in [2.24, 2.45) is 5.73 Å². The Kier molecular flexibility index (Phi) is 3.60. The summed E-state index contributed by atoms with van der Waals surface area (Å²) in [4.78, 5) is 28.9. The van der Waals surface area contributed by atoms with Crippen molar-refractivity contribution >= 4 is 40.0 Å². The fourth-order valence-electron chi connectivity index (χ4n) is 1.36. The molecule has 0 saturated carbocycles. The summed E-state index contributed by atoms with van der Waals surface area (Å²) in [6, 6.07) is 6.67. The smallest absolute Gasteiger partial charge is 0.266 e. The maximum absolute atomic E-state index is 11.4. The molecule has 2 aromatic rings. The third kappa shape index (κ3) is 2.67. The molecule has 18 heavy (non-hydrogen) atoms. The summed E-state index contributed by atoms with van der Waals surface area (Å²) in [7, 11) is 0. The molecule has 7 heteroatoms. The lowest BCUT2D eigenvalue weighted by Crippen LogP contribution is -2.13. The number of nitrogens with zero attached hydrogens (tertiary/aromatic N) is 1. The molecule has 0 atom stereocenters. The van der Waals surface area contributed by atoms with E-state index in [4.69, 9.17) is 5.73 Å². The van der Waals surface area contributed by atoms with Gasteiger partial charge in [0.25, 0.3) is 5.56 Å². The largest absolute Gasteiger partial charge is 0.366 e. The van der Waals surface area contributed by atoms with E-state index >= 15 is 0 Å². The SMILES string of the molecule is NC(=O)c1cccc(Nc2nc[nH]c(=O)c2I)c1. The van der Waals surface area contributed by atoms with Gasteiger partial charge in [-0.25, -0.2) is 4.98 Å². The molecule has 0 saturated heterocycles. The molecule has 2 rings (SSSR count). The van der Waals surface area contributed by atoms with Crippen LogP contribution in [0.15, 0.2) is 35.4 Å². The zero-order valence-electron chi connectivity index (χ0n) is 9.11. The number of nitrogens with two attached hydrogens (primary N) is 1. The summed E-state index contributed by atoms with van der Waals surface area (Å²) >= 11 is 1.89. The zero-order valence-corrected chi connectivity index (χ0v) is 11.3. The Balaban J connectivity index is 2.34. The van der Waals surface area contributed by atoms with E-state index in [9.17, 15) is 9.59 Å². The lowest BCUT2D eigenvalue weighted by Gasteiger charge is -2.07. The minimum atomic E-state index is -0.507. The molecular weight excluding hydrogens is 347 g/mol. The van der Waals surface area contributed by atoms with E-state index in [-0.39, 0.29) is 5.56 Å². The molecule has 0 aliphatic heterocycles. The Morgan fingerprint density at radius 1 is 1.44 bits per heavy atom. The van der Waals surface area contributed by atoms with Gasteiger partial charge in [-0.2, -0.15) is 0 Å². The Hall–Kier alpha value is -1.90. The molecule has 1 aromatic carbocycles. The van der Waals surface area contributed by atoms with Crippen LogP contribution in [0.5, 0.6) is 0 Å². The molecule has 0 bridgehead atoms. The third-order valence-corrected chi connectivity index (χ3v) is 3.21. The number of hydrogen-bond donors (Lipinski definition) is 3. The predicted octanol–water partition coefficient (Wildman–Crippen LogP) is 1.22. The second-order valence-electron chi connectivity index (χ2n) is 3.46. The number of carbonyl (C=O) groups excluding carboxylic acids is 1. The van der Waals surface area contributed by atoms with Crippen molar-refractivity contribution in [1.82, 2.24) is 9.97 Å². The van der Waals surface area contributed by atoms with Gasteiger partial charge >= 0.3 is 0 Å². The molecule has 1 amide bonds. The topological polar surface area (TPSA) is 101 Å². The van der Waals surface area contributed by atoms with Gasteiger partial charge in [-0.3, -0.25) is 9.59 Å². The van der Waals surface area contributed by atoms with Gasteiger partial charge in [-0.05, 0) is 40.8 Å². The predicted molar refractivity (Wildman–Crippen MR) is 75.8 cm³/mol. The van der Waals surface area contributed by atoms with E-state index in [0.717, 1.165) is 0 Å². The minimum Gasteiger partial charge on any atom is -0.366 e. The van der Waals surface area contributed by atoms with E-state index in [1.54, 1.807) is 24.3 Å². The average molecular weight is 356 g/mol. The van der Waals surface area contributed by atoms with E-state index in [0.29, 0.717) is 20.6 Å². The van der Waals surface area contributed by atoms with Gasteiger partial charge in [0.15, 0.2) is 5.82 Å². The van der Waals surface area contributed by atoms with Crippen LogP contribution < -0.4 is 16.6 Å². The van der Waals surface area contributed by atoms with Crippen LogP contribution >= 0.6 is 22.6 Å². The summed E-state index contributed by atoms with van der Waals surface area (Å²) in [5.74, 6) is -0.0758. The summed E-state index contributed by atoms with van der Waals surface area (Å²) in [6.07, 6.45) is 1.31. The number of halogens is 1. The molecule has 1 heterocycles. The fourth-order valence-corrected chi connectivity index (χ4v) is 1.79. The van der Waals surface area contributed by atoms with E-state index in [2.05, 4.69) is 15.3 Å². The first-order valence-corrected chi connectivity index (χ1v) is 6.06. The monoisotopic (exact) mass is 356 g/mol. The number of anilines is 2. The first kappa shape index (κ1) is 12.6. The number of aromatic nitrogens is 2. The number of nitrogens with one attached hydrogen (secondary N) is 2. The van der Waals surface area contributed by atoms with E-state index in [1.807, 2.05) is 22.6 Å². The molecule has 4 N–H and O–H groups in total. The van der Waals surface area contributed by atoms with Crippen LogP contribution in [0.3, 0.4) is 0 Å². The van der Waals surface area contributed by atoms with Crippen molar-refractivity contribution in [1.29, 1.82) is 0 Å². The number of amides is 1. The van der Waals surface area contributed by atoms with Crippen molar-refractivity contribution in [3.05, 3.63) is 50.1 Å². The average Bonchev–Trinajstić information content (AvgIpc) is 2.35. The molecule has 0 spiro atoms. The van der Waals surface area contributed by atoms with Crippen LogP contribution in [-0.2, 0) is 0 Å². The minimum absolute atomic E-state index is 0.223. The first-order valence-electron chi connectivity index (χ1n) is 4.98. The molecule has 0 aliphatic carbocycles. The lowest BCUT2D eigenvalue weighted by molar-refractivity contribution is 0.100. The molecular formula is C11H9IN4O2. The van der Waals surface area contributed by atoms with E-state index < -0.39 is 5.91 Å². The Morgan fingerprint density at radius 3 is 2.94 bits per heavy atom. The van der Waals surface area contributed by atoms with Gasteiger partial charge in [0.1, 0.15) is 3.57 Å². The zero-order chi connectivity index (χ0) is 13.1. The maximum Gasteiger partial charge on any atom is 0.266 e. The molecule has 6 nitrogen and oxygen atoms in total. The first-order chi connectivity index (χ1) is 8.58. The van der Waals surface area contributed by atoms with Gasteiger partial charge in [0, 0.05) is 11.3 Å². The quantitative estimate of drug-likeness (QED) is 0.720. The van der Waals surface area contributed by atoms with Crippen LogP contribution in [0.25, 0.3) is 0 Å². The molecule has 0 fully saturated rings. The van der Waals surface area contributed by atoms with Crippen molar-refractivity contribution in [3.63, 3.8) is 0 Å². The molecule has 92 valence electrons. The van der Waals surface area contributed by atoms with Crippen LogP contribution in [0.2, 0.25) is 0 Å². The molecule has 0 aliphatic rings. The standard InChI is InChI=1S/C11H9IN4O2/c12-8-10(14-5-15-11(8)18)16-7-3-1-2-6(4-7)9(13)17/h1-5H,(H2,13,17)(H2,14,15,16,18). The number of carbonyl (C=O) groups is 1. The normalized spacial score (nSPS) is 10.1. The van der Waals surface area contributed by atoms with Crippen molar-refractivity contribution < 1.29 is 4.79 Å². The Bertz CT molecular complexity index is 653. The highest BCUT2D eigenvalue weighted by Crippen LogP contribution is 2.18. The molecule has 0 unspecified atom stereocenters. The number of aromatic amines is 1. The number of H-pyrrole nitrogens is 1. The molecule has 1 aromatic heterocycles. The summed E-state index contributed by atoms with van der Waals surface area (Å²) < 4.78 is 0.444. The highest BCUT2D eigenvalue weighted by atomic mass is 127. The summed E-state index contributed by atoms with van der Waals surface area (Å²) in [5.41, 5.74) is 6.00. The second kappa shape index (κ2) is 5.17. The van der Waals surface area contributed by atoms with Crippen LogP contribution in [0.1, 0.15) is 10.4 Å². The van der Waals surface area contributed by atoms with Crippen molar-refractivity contribution in [2.75, 3.05) is 5.32 Å². The highest BCUT2D eigenvalue weighted by Gasteiger charge is 2.06. The fraction of sp³-hybridized carbons (Fsp3) is 0. The van der Waals surface area contributed by atoms with Gasteiger partial charge in [0.05, 0.1) is 6.33 Å². The summed E-state index contributed by atoms with van der Waals surface area (Å²) in [5, 5.41) is 2.96. The van der Waals surface area contributed by atoms with Crippen molar-refractivity contribution in [2.45, 2.75) is 0 Å².